The summed E-state index contributed by atoms with van der Waals surface area (Å²) in [5.41, 5.74) is 2.32. The minimum absolute atomic E-state index is 0.123. The van der Waals surface area contributed by atoms with Crippen molar-refractivity contribution in [2.75, 3.05) is 13.2 Å². The molecule has 1 aromatic heterocycles. The lowest BCUT2D eigenvalue weighted by Crippen LogP contribution is -2.40. The first kappa shape index (κ1) is 17.5. The third-order valence-corrected chi connectivity index (χ3v) is 6.02. The van der Waals surface area contributed by atoms with Crippen molar-refractivity contribution in [3.8, 4) is 0 Å². The van der Waals surface area contributed by atoms with Gasteiger partial charge < -0.3 is 10.1 Å². The Hall–Kier alpha value is -1.94. The van der Waals surface area contributed by atoms with E-state index in [1.165, 1.54) is 36.6 Å². The van der Waals surface area contributed by atoms with Gasteiger partial charge in [0.25, 0.3) is 0 Å². The molecule has 1 saturated carbocycles. The van der Waals surface area contributed by atoms with Gasteiger partial charge >= 0.3 is 0 Å². The second kappa shape index (κ2) is 8.17. The number of fused-ring (bicyclic) bond motifs is 1. The number of rotatable bonds is 6. The van der Waals surface area contributed by atoms with Crippen molar-refractivity contribution in [2.24, 2.45) is 11.8 Å². The molecular weight excluding hydrogens is 324 g/mol. The molecule has 0 bridgehead atoms. The van der Waals surface area contributed by atoms with E-state index in [4.69, 9.17) is 4.74 Å². The largest absolute Gasteiger partial charge is 0.379 e. The Labute approximate surface area is 155 Å². The van der Waals surface area contributed by atoms with E-state index in [0.29, 0.717) is 25.6 Å². The van der Waals surface area contributed by atoms with Crippen molar-refractivity contribution < 1.29 is 9.53 Å². The number of carbonyl (C=O) groups excluding carboxylic acids is 1. The summed E-state index contributed by atoms with van der Waals surface area (Å²) in [5, 5.41) is 4.44. The number of pyridine rings is 1. The molecule has 138 valence electrons. The van der Waals surface area contributed by atoms with E-state index in [9.17, 15) is 4.79 Å². The van der Waals surface area contributed by atoms with E-state index >= 15 is 0 Å². The van der Waals surface area contributed by atoms with E-state index in [2.05, 4.69) is 28.5 Å². The van der Waals surface area contributed by atoms with Gasteiger partial charge in [0.1, 0.15) is 0 Å². The zero-order valence-electron chi connectivity index (χ0n) is 15.3. The molecule has 1 saturated heterocycles. The molecule has 1 amide bonds. The fourth-order valence-electron chi connectivity index (χ4n) is 4.49. The third kappa shape index (κ3) is 4.07. The van der Waals surface area contributed by atoms with Crippen molar-refractivity contribution in [1.82, 2.24) is 10.3 Å². The molecule has 1 aliphatic carbocycles. The average Bonchev–Trinajstić information content (AvgIpc) is 3.33. The normalized spacial score (nSPS) is 23.5. The van der Waals surface area contributed by atoms with Crippen molar-refractivity contribution >= 4 is 16.8 Å². The van der Waals surface area contributed by atoms with Crippen LogP contribution in [0.4, 0.5) is 0 Å². The molecule has 0 spiro atoms. The van der Waals surface area contributed by atoms with Crippen LogP contribution in [0, 0.1) is 11.8 Å². The number of para-hydroxylation sites is 1. The van der Waals surface area contributed by atoms with Crippen LogP contribution in [-0.4, -0.2) is 30.1 Å². The molecule has 0 unspecified atom stereocenters. The molecule has 1 aliphatic heterocycles. The van der Waals surface area contributed by atoms with E-state index in [1.807, 2.05) is 18.3 Å². The van der Waals surface area contributed by atoms with Crippen molar-refractivity contribution in [3.63, 3.8) is 0 Å². The smallest absolute Gasteiger partial charge is 0.220 e. The van der Waals surface area contributed by atoms with Gasteiger partial charge in [-0.05, 0) is 36.5 Å². The topological polar surface area (TPSA) is 51.2 Å². The molecule has 2 fully saturated rings. The second-order valence-electron chi connectivity index (χ2n) is 7.85. The number of hydrogen-bond donors (Lipinski definition) is 1. The Kier molecular flexibility index (Phi) is 5.49. The standard InChI is InChI=1S/C22H28N2O2/c25-22(10-9-16-5-1-2-6-16)24-21-15-26-14-18(21)13-17-11-12-23-20-8-4-3-7-19(17)20/h3-4,7-8,11-12,16,18,21H,1-2,5-6,9-10,13-15H2,(H,24,25)/t18-,21+/m1/s1. The average molecular weight is 352 g/mol. The highest BCUT2D eigenvalue weighted by molar-refractivity contribution is 5.82. The maximum absolute atomic E-state index is 12.4. The molecule has 0 radical (unpaired) electrons. The fourth-order valence-corrected chi connectivity index (χ4v) is 4.49. The minimum Gasteiger partial charge on any atom is -0.379 e. The van der Waals surface area contributed by atoms with Gasteiger partial charge in [0, 0.05) is 23.9 Å². The highest BCUT2D eigenvalue weighted by Gasteiger charge is 2.30. The number of amides is 1. The summed E-state index contributed by atoms with van der Waals surface area (Å²) in [4.78, 5) is 16.8. The quantitative estimate of drug-likeness (QED) is 0.858. The molecule has 4 heteroatoms. The second-order valence-corrected chi connectivity index (χ2v) is 7.85. The van der Waals surface area contributed by atoms with Gasteiger partial charge in [0.15, 0.2) is 0 Å². The maximum atomic E-state index is 12.4. The summed E-state index contributed by atoms with van der Waals surface area (Å²) < 4.78 is 5.70. The van der Waals surface area contributed by atoms with Gasteiger partial charge in [0.2, 0.25) is 5.91 Å². The summed E-state index contributed by atoms with van der Waals surface area (Å²) in [6, 6.07) is 10.5. The summed E-state index contributed by atoms with van der Waals surface area (Å²) in [6.07, 6.45) is 9.77. The Balaban J connectivity index is 1.36. The molecule has 4 nitrogen and oxygen atoms in total. The maximum Gasteiger partial charge on any atom is 0.220 e. The lowest BCUT2D eigenvalue weighted by Gasteiger charge is -2.20. The highest BCUT2D eigenvalue weighted by atomic mass is 16.5. The number of nitrogens with one attached hydrogen (secondary N) is 1. The van der Waals surface area contributed by atoms with Crippen LogP contribution in [0.3, 0.4) is 0 Å². The Morgan fingerprint density at radius 2 is 2.00 bits per heavy atom. The zero-order valence-corrected chi connectivity index (χ0v) is 15.3. The zero-order chi connectivity index (χ0) is 17.8. The van der Waals surface area contributed by atoms with E-state index in [1.54, 1.807) is 0 Å². The fraction of sp³-hybridized carbons (Fsp3) is 0.545. The first-order valence-electron chi connectivity index (χ1n) is 9.99. The van der Waals surface area contributed by atoms with Crippen molar-refractivity contribution in [3.05, 3.63) is 42.1 Å². The van der Waals surface area contributed by atoms with E-state index < -0.39 is 0 Å². The Bertz CT molecular complexity index is 749. The monoisotopic (exact) mass is 352 g/mol. The van der Waals surface area contributed by atoms with Gasteiger partial charge in [0.05, 0.1) is 24.8 Å². The third-order valence-electron chi connectivity index (χ3n) is 6.02. The predicted octanol–water partition coefficient (Wildman–Crippen LogP) is 3.88. The molecule has 4 rings (SSSR count). The number of benzene rings is 1. The van der Waals surface area contributed by atoms with Gasteiger partial charge in [-0.1, -0.05) is 43.9 Å². The van der Waals surface area contributed by atoms with Crippen molar-refractivity contribution in [1.29, 1.82) is 0 Å². The first-order valence-corrected chi connectivity index (χ1v) is 9.99. The lowest BCUT2D eigenvalue weighted by molar-refractivity contribution is -0.122. The summed E-state index contributed by atoms with van der Waals surface area (Å²) in [7, 11) is 0. The van der Waals surface area contributed by atoms with E-state index in [0.717, 1.165) is 24.3 Å². The lowest BCUT2D eigenvalue weighted by atomic mass is 9.93. The van der Waals surface area contributed by atoms with Crippen LogP contribution in [0.5, 0.6) is 0 Å². The van der Waals surface area contributed by atoms with Gasteiger partial charge in [-0.25, -0.2) is 0 Å². The SMILES string of the molecule is O=C(CCC1CCCC1)N[C@H]1COC[C@H]1Cc1ccnc2ccccc12. The molecule has 2 heterocycles. The van der Waals surface area contributed by atoms with Gasteiger partial charge in [-0.3, -0.25) is 9.78 Å². The van der Waals surface area contributed by atoms with Crippen LogP contribution in [0.25, 0.3) is 10.9 Å². The van der Waals surface area contributed by atoms with Gasteiger partial charge in [-0.15, -0.1) is 0 Å². The van der Waals surface area contributed by atoms with Crippen LogP contribution < -0.4 is 5.32 Å². The minimum atomic E-state index is 0.123. The molecule has 26 heavy (non-hydrogen) atoms. The Morgan fingerprint density at radius 3 is 2.88 bits per heavy atom. The van der Waals surface area contributed by atoms with Crippen molar-refractivity contribution in [2.45, 2.75) is 51.0 Å². The Morgan fingerprint density at radius 1 is 1.15 bits per heavy atom. The molecular formula is C22H28N2O2. The van der Waals surface area contributed by atoms with Crippen LogP contribution in [0.2, 0.25) is 0 Å². The summed E-state index contributed by atoms with van der Waals surface area (Å²) in [6.45, 7) is 1.34. The van der Waals surface area contributed by atoms with Crippen LogP contribution in [0.1, 0.15) is 44.1 Å². The molecule has 2 aromatic rings. The number of aromatic nitrogens is 1. The number of nitrogens with zero attached hydrogens (tertiary/aromatic N) is 1. The number of ether oxygens (including phenoxy) is 1. The van der Waals surface area contributed by atoms with E-state index in [-0.39, 0.29) is 11.9 Å². The van der Waals surface area contributed by atoms with Crippen LogP contribution >= 0.6 is 0 Å². The highest BCUT2D eigenvalue weighted by Crippen LogP contribution is 2.29. The van der Waals surface area contributed by atoms with Crippen LogP contribution in [0.15, 0.2) is 36.5 Å². The molecule has 1 aromatic carbocycles. The summed E-state index contributed by atoms with van der Waals surface area (Å²) in [5.74, 6) is 1.28. The number of hydrogen-bond acceptors (Lipinski definition) is 3. The first-order chi connectivity index (χ1) is 12.8. The van der Waals surface area contributed by atoms with Crippen LogP contribution in [-0.2, 0) is 16.0 Å². The molecule has 1 N–H and O–H groups in total. The van der Waals surface area contributed by atoms with Gasteiger partial charge in [-0.2, -0.15) is 0 Å². The summed E-state index contributed by atoms with van der Waals surface area (Å²) >= 11 is 0. The molecule has 2 aliphatic rings. The number of carbonyl (C=O) groups is 1. The molecule has 2 atom stereocenters. The predicted molar refractivity (Wildman–Crippen MR) is 103 cm³/mol.